The number of para-hydroxylation sites is 1. The minimum Gasteiger partial charge on any atom is -0.443 e. The van der Waals surface area contributed by atoms with E-state index in [0.29, 0.717) is 34.9 Å². The largest absolute Gasteiger partial charge is 0.443 e. The number of nitrogens with one attached hydrogen (secondary N) is 2. The smallest absolute Gasteiger partial charge is 0.287 e. The summed E-state index contributed by atoms with van der Waals surface area (Å²) in [6, 6.07) is 10.1. The lowest BCUT2D eigenvalue weighted by molar-refractivity contribution is 0.0914. The van der Waals surface area contributed by atoms with E-state index < -0.39 is 0 Å². The molecule has 0 radical (unpaired) electrons. The van der Waals surface area contributed by atoms with Gasteiger partial charge in [-0.1, -0.05) is 12.1 Å². The van der Waals surface area contributed by atoms with Crippen molar-refractivity contribution in [3.05, 3.63) is 45.2 Å². The molecule has 1 saturated carbocycles. The van der Waals surface area contributed by atoms with Crippen molar-refractivity contribution in [1.29, 1.82) is 0 Å². The quantitative estimate of drug-likeness (QED) is 0.438. The van der Waals surface area contributed by atoms with Gasteiger partial charge in [0, 0.05) is 38.1 Å². The van der Waals surface area contributed by atoms with Gasteiger partial charge in [-0.25, -0.2) is 4.98 Å². The highest BCUT2D eigenvalue weighted by Gasteiger charge is 2.23. The first-order valence-corrected chi connectivity index (χ1v) is 11.9. The summed E-state index contributed by atoms with van der Waals surface area (Å²) in [5.74, 6) is 2.17. The molecule has 1 fully saturated rings. The third-order valence-electron chi connectivity index (χ3n) is 5.61. The zero-order valence-corrected chi connectivity index (χ0v) is 20.7. The maximum absolute atomic E-state index is 12.3. The molecule has 1 amide bonds. The predicted molar refractivity (Wildman–Crippen MR) is 130 cm³/mol. The van der Waals surface area contributed by atoms with Crippen LogP contribution in [0.4, 0.5) is 11.8 Å². The highest BCUT2D eigenvalue weighted by atomic mass is 79.9. The molecule has 0 unspecified atom stereocenters. The van der Waals surface area contributed by atoms with Gasteiger partial charge < -0.3 is 20.0 Å². The number of benzene rings is 1. The molecule has 164 valence electrons. The summed E-state index contributed by atoms with van der Waals surface area (Å²) in [7, 11) is 4.00. The number of furan rings is 1. The molecule has 7 nitrogen and oxygen atoms in total. The van der Waals surface area contributed by atoms with E-state index in [1.807, 2.05) is 43.3 Å². The van der Waals surface area contributed by atoms with Crippen molar-refractivity contribution < 1.29 is 9.21 Å². The summed E-state index contributed by atoms with van der Waals surface area (Å²) in [6.07, 6.45) is 4.12. The minimum atomic E-state index is -0.188. The Balaban J connectivity index is 1.32. The first kappa shape index (κ1) is 22.1. The van der Waals surface area contributed by atoms with Crippen LogP contribution in [0.1, 0.15) is 36.2 Å². The van der Waals surface area contributed by atoms with Crippen LogP contribution in [-0.4, -0.2) is 42.6 Å². The second-order valence-electron chi connectivity index (χ2n) is 8.09. The van der Waals surface area contributed by atoms with Gasteiger partial charge in [-0.3, -0.25) is 4.79 Å². The summed E-state index contributed by atoms with van der Waals surface area (Å²) in [6.45, 7) is 0.652. The van der Waals surface area contributed by atoms with E-state index in [1.165, 1.54) is 0 Å². The number of nitrogens with zero attached hydrogens (tertiary/aromatic N) is 3. The van der Waals surface area contributed by atoms with Gasteiger partial charge in [-0.15, -0.1) is 0 Å². The second kappa shape index (κ2) is 9.56. The molecule has 0 bridgehead atoms. The van der Waals surface area contributed by atoms with Gasteiger partial charge in [0.15, 0.2) is 10.4 Å². The lowest BCUT2D eigenvalue weighted by atomic mass is 9.86. The number of carbonyl (C=O) groups is 1. The first-order chi connectivity index (χ1) is 14.9. The number of carbonyl (C=O) groups excluding carboxylic acids is 1. The number of hydrogen-bond donors (Lipinski definition) is 2. The molecule has 31 heavy (non-hydrogen) atoms. The third kappa shape index (κ3) is 5.20. The molecule has 0 atom stereocenters. The average molecular weight is 551 g/mol. The van der Waals surface area contributed by atoms with Crippen LogP contribution in [0.15, 0.2) is 43.9 Å². The van der Waals surface area contributed by atoms with Gasteiger partial charge in [0.2, 0.25) is 5.95 Å². The van der Waals surface area contributed by atoms with E-state index in [-0.39, 0.29) is 5.91 Å². The van der Waals surface area contributed by atoms with Crippen LogP contribution in [0.3, 0.4) is 0 Å². The summed E-state index contributed by atoms with van der Waals surface area (Å²) >= 11 is 6.59. The lowest BCUT2D eigenvalue weighted by Gasteiger charge is -2.29. The Morgan fingerprint density at radius 1 is 1.16 bits per heavy atom. The molecule has 0 aliphatic heterocycles. The Hall–Kier alpha value is -2.13. The van der Waals surface area contributed by atoms with Crippen LogP contribution in [-0.2, 0) is 0 Å². The standard InChI is InChI=1S/C22H25Br2N5O2/c1-29(2)20-15-5-3-4-6-17(15)27-22(28-20)26-14-9-7-13(8-10-14)12-25-21(30)18-11-16(23)19(24)31-18/h3-6,11,13-14H,7-10,12H2,1-2H3,(H,25,30)(H,26,27,28). The molecule has 2 heterocycles. The molecular weight excluding hydrogens is 526 g/mol. The van der Waals surface area contributed by atoms with Crippen molar-refractivity contribution in [1.82, 2.24) is 15.3 Å². The van der Waals surface area contributed by atoms with E-state index in [4.69, 9.17) is 14.4 Å². The first-order valence-electron chi connectivity index (χ1n) is 10.3. The van der Waals surface area contributed by atoms with E-state index >= 15 is 0 Å². The van der Waals surface area contributed by atoms with Gasteiger partial charge in [-0.2, -0.15) is 4.98 Å². The fourth-order valence-corrected chi connectivity index (χ4v) is 4.52. The Kier molecular flexibility index (Phi) is 6.81. The fraction of sp³-hybridized carbons (Fsp3) is 0.409. The van der Waals surface area contributed by atoms with Crippen molar-refractivity contribution >= 4 is 60.4 Å². The zero-order valence-electron chi connectivity index (χ0n) is 17.5. The van der Waals surface area contributed by atoms with Gasteiger partial charge in [0.1, 0.15) is 5.82 Å². The van der Waals surface area contributed by atoms with Crippen molar-refractivity contribution in [2.45, 2.75) is 31.7 Å². The van der Waals surface area contributed by atoms with Gasteiger partial charge in [-0.05, 0) is 75.6 Å². The Labute approximate surface area is 198 Å². The Morgan fingerprint density at radius 3 is 2.58 bits per heavy atom. The van der Waals surface area contributed by atoms with Crippen molar-refractivity contribution in [3.8, 4) is 0 Å². The van der Waals surface area contributed by atoms with E-state index in [9.17, 15) is 4.79 Å². The predicted octanol–water partition coefficient (Wildman–Crippen LogP) is 5.21. The van der Waals surface area contributed by atoms with Crippen molar-refractivity contribution in [2.24, 2.45) is 5.92 Å². The highest BCUT2D eigenvalue weighted by molar-refractivity contribution is 9.13. The number of aromatic nitrogens is 2. The summed E-state index contributed by atoms with van der Waals surface area (Å²) in [5, 5.41) is 7.56. The van der Waals surface area contributed by atoms with Crippen LogP contribution < -0.4 is 15.5 Å². The van der Waals surface area contributed by atoms with Crippen LogP contribution >= 0.6 is 31.9 Å². The van der Waals surface area contributed by atoms with Crippen molar-refractivity contribution in [3.63, 3.8) is 0 Å². The van der Waals surface area contributed by atoms with Gasteiger partial charge in [0.05, 0.1) is 9.99 Å². The molecule has 0 saturated heterocycles. The summed E-state index contributed by atoms with van der Waals surface area (Å²) in [4.78, 5) is 23.7. The Bertz CT molecular complexity index is 1060. The van der Waals surface area contributed by atoms with E-state index in [1.54, 1.807) is 6.07 Å². The summed E-state index contributed by atoms with van der Waals surface area (Å²) in [5.41, 5.74) is 0.941. The molecule has 2 N–H and O–H groups in total. The van der Waals surface area contributed by atoms with Crippen LogP contribution in [0.25, 0.3) is 10.9 Å². The molecular formula is C22H25Br2N5O2. The second-order valence-corrected chi connectivity index (χ2v) is 9.66. The third-order valence-corrected chi connectivity index (χ3v) is 7.32. The molecule has 0 spiro atoms. The monoisotopic (exact) mass is 549 g/mol. The summed E-state index contributed by atoms with van der Waals surface area (Å²) < 4.78 is 6.65. The van der Waals surface area contributed by atoms with Gasteiger partial charge in [0.25, 0.3) is 5.91 Å². The number of rotatable bonds is 6. The number of hydrogen-bond acceptors (Lipinski definition) is 6. The van der Waals surface area contributed by atoms with Gasteiger partial charge >= 0.3 is 0 Å². The molecule has 4 rings (SSSR count). The van der Waals surface area contributed by atoms with Crippen LogP contribution in [0.5, 0.6) is 0 Å². The molecule has 1 aliphatic rings. The van der Waals surface area contributed by atoms with E-state index in [2.05, 4.69) is 42.5 Å². The normalized spacial score (nSPS) is 18.7. The number of amides is 1. The lowest BCUT2D eigenvalue weighted by Crippen LogP contribution is -2.34. The fourth-order valence-electron chi connectivity index (χ4n) is 3.94. The Morgan fingerprint density at radius 2 is 1.90 bits per heavy atom. The maximum atomic E-state index is 12.3. The molecule has 3 aromatic rings. The van der Waals surface area contributed by atoms with E-state index in [0.717, 1.165) is 46.9 Å². The maximum Gasteiger partial charge on any atom is 0.287 e. The van der Waals surface area contributed by atoms with Crippen LogP contribution in [0.2, 0.25) is 0 Å². The number of fused-ring (bicyclic) bond motifs is 1. The van der Waals surface area contributed by atoms with Crippen molar-refractivity contribution in [2.75, 3.05) is 30.9 Å². The topological polar surface area (TPSA) is 83.3 Å². The molecule has 1 aliphatic carbocycles. The van der Waals surface area contributed by atoms with Crippen LogP contribution in [0, 0.1) is 5.92 Å². The molecule has 9 heteroatoms. The average Bonchev–Trinajstić information content (AvgIpc) is 3.11. The molecule has 2 aromatic heterocycles. The number of halogens is 2. The SMILES string of the molecule is CN(C)c1nc(NC2CCC(CNC(=O)c3cc(Br)c(Br)o3)CC2)nc2ccccc12. The number of anilines is 2. The highest BCUT2D eigenvalue weighted by Crippen LogP contribution is 2.29. The molecule has 1 aromatic carbocycles. The zero-order chi connectivity index (χ0) is 22.0. The minimum absolute atomic E-state index is 0.188.